The zero-order chi connectivity index (χ0) is 13.5. The lowest BCUT2D eigenvalue weighted by Crippen LogP contribution is -2.24. The van der Waals surface area contributed by atoms with Crippen LogP contribution in [0.15, 0.2) is 40.9 Å². The molecule has 0 radical (unpaired) electrons. The highest BCUT2D eigenvalue weighted by Crippen LogP contribution is 2.34. The maximum Gasteiger partial charge on any atom is 0.134 e. The lowest BCUT2D eigenvalue weighted by Gasteiger charge is -2.13. The van der Waals surface area contributed by atoms with Gasteiger partial charge in [0, 0.05) is 23.8 Å². The van der Waals surface area contributed by atoms with Crippen LogP contribution in [0.25, 0.3) is 11.0 Å². The van der Waals surface area contributed by atoms with Crippen LogP contribution in [0.3, 0.4) is 0 Å². The number of H-pyrrole nitrogens is 1. The quantitative estimate of drug-likeness (QED) is 0.667. The normalized spacial score (nSPS) is 22.6. The summed E-state index contributed by atoms with van der Waals surface area (Å²) in [5.74, 6) is 2.17. The Bertz CT molecular complexity index is 712. The van der Waals surface area contributed by atoms with Crippen LogP contribution in [0.1, 0.15) is 29.2 Å². The van der Waals surface area contributed by atoms with Gasteiger partial charge in [0.15, 0.2) is 0 Å². The van der Waals surface area contributed by atoms with Crippen molar-refractivity contribution in [2.75, 3.05) is 6.54 Å². The Morgan fingerprint density at radius 3 is 3.00 bits per heavy atom. The first-order chi connectivity index (χ1) is 9.81. The summed E-state index contributed by atoms with van der Waals surface area (Å²) in [6.45, 7) is 2.84. The second-order valence-electron chi connectivity index (χ2n) is 5.25. The van der Waals surface area contributed by atoms with E-state index in [9.17, 15) is 0 Å². The second-order valence-corrected chi connectivity index (χ2v) is 5.25. The highest BCUT2D eigenvalue weighted by atomic mass is 16.3. The first kappa shape index (κ1) is 11.7. The number of aromatic amines is 1. The van der Waals surface area contributed by atoms with Crippen molar-refractivity contribution in [3.63, 3.8) is 0 Å². The molecular weight excluding hydrogens is 252 g/mol. The van der Waals surface area contributed by atoms with Gasteiger partial charge in [-0.25, -0.2) is 10.4 Å². The number of imidazole rings is 1. The van der Waals surface area contributed by atoms with Gasteiger partial charge in [0.2, 0.25) is 0 Å². The van der Waals surface area contributed by atoms with E-state index in [-0.39, 0.29) is 12.0 Å². The van der Waals surface area contributed by atoms with Crippen LogP contribution in [0.2, 0.25) is 0 Å². The summed E-state index contributed by atoms with van der Waals surface area (Å²) in [4.78, 5) is 7.77. The van der Waals surface area contributed by atoms with E-state index in [1.165, 1.54) is 0 Å². The van der Waals surface area contributed by atoms with Crippen LogP contribution in [0, 0.1) is 6.92 Å². The number of nitrogens with one attached hydrogen (secondary N) is 3. The number of hydrazine groups is 1. The van der Waals surface area contributed by atoms with Crippen LogP contribution in [-0.2, 0) is 0 Å². The van der Waals surface area contributed by atoms with Crippen molar-refractivity contribution < 1.29 is 4.42 Å². The van der Waals surface area contributed by atoms with E-state index in [4.69, 9.17) is 4.42 Å². The van der Waals surface area contributed by atoms with E-state index in [0.29, 0.717) is 0 Å². The third-order valence-electron chi connectivity index (χ3n) is 3.81. The fourth-order valence-electron chi connectivity index (χ4n) is 2.80. The molecule has 0 spiro atoms. The molecule has 3 aromatic rings. The van der Waals surface area contributed by atoms with Gasteiger partial charge in [-0.05, 0) is 19.1 Å². The monoisotopic (exact) mass is 268 g/mol. The largest absolute Gasteiger partial charge is 0.459 e. The van der Waals surface area contributed by atoms with Gasteiger partial charge in [0.05, 0.1) is 12.0 Å². The maximum absolute atomic E-state index is 5.97. The zero-order valence-corrected chi connectivity index (χ0v) is 11.2. The van der Waals surface area contributed by atoms with Gasteiger partial charge in [-0.3, -0.25) is 5.43 Å². The number of aromatic nitrogens is 2. The zero-order valence-electron chi connectivity index (χ0n) is 11.2. The molecule has 1 saturated heterocycles. The minimum Gasteiger partial charge on any atom is -0.459 e. The molecule has 1 aliphatic rings. The number of furan rings is 1. The molecule has 2 aromatic heterocycles. The molecule has 3 heterocycles. The van der Waals surface area contributed by atoms with Crippen LogP contribution < -0.4 is 10.9 Å². The van der Waals surface area contributed by atoms with E-state index in [1.807, 2.05) is 31.3 Å². The van der Waals surface area contributed by atoms with Crippen molar-refractivity contribution in [2.45, 2.75) is 18.9 Å². The minimum atomic E-state index is 0.0907. The van der Waals surface area contributed by atoms with E-state index in [1.54, 1.807) is 0 Å². The summed E-state index contributed by atoms with van der Waals surface area (Å²) in [6.07, 6.45) is 1.86. The van der Waals surface area contributed by atoms with Crippen molar-refractivity contribution in [1.29, 1.82) is 0 Å². The highest BCUT2D eigenvalue weighted by molar-refractivity contribution is 5.77. The Balaban J connectivity index is 1.72. The molecule has 0 bridgehead atoms. The van der Waals surface area contributed by atoms with Crippen molar-refractivity contribution in [1.82, 2.24) is 20.8 Å². The Morgan fingerprint density at radius 2 is 2.20 bits per heavy atom. The van der Waals surface area contributed by atoms with E-state index < -0.39 is 0 Å². The molecular formula is C15H16N4O. The fraction of sp³-hybridized carbons (Fsp3) is 0.267. The van der Waals surface area contributed by atoms with Crippen LogP contribution in [-0.4, -0.2) is 16.5 Å². The topological polar surface area (TPSA) is 65.9 Å². The molecule has 1 aliphatic heterocycles. The summed E-state index contributed by atoms with van der Waals surface area (Å²) >= 11 is 0. The fourth-order valence-corrected chi connectivity index (χ4v) is 2.80. The maximum atomic E-state index is 5.97. The Hall–Kier alpha value is -2.11. The number of hydrogen-bond acceptors (Lipinski definition) is 4. The molecule has 3 N–H and O–H groups in total. The lowest BCUT2D eigenvalue weighted by atomic mass is 9.99. The van der Waals surface area contributed by atoms with Crippen molar-refractivity contribution in [3.05, 3.63) is 53.8 Å². The predicted molar refractivity (Wildman–Crippen MR) is 76.2 cm³/mol. The summed E-state index contributed by atoms with van der Waals surface area (Å²) in [5.41, 5.74) is 8.49. The van der Waals surface area contributed by atoms with Crippen LogP contribution >= 0.6 is 0 Å². The van der Waals surface area contributed by atoms with Crippen LogP contribution in [0.5, 0.6) is 0 Å². The molecule has 0 amide bonds. The standard InChI is InChI=1S/C15H16N4O/c1-9-7-16-15(18-9)11-8-17-19-14(11)13-6-10-4-2-3-5-12(10)20-13/h2-7,11,14,17,19H,8H2,1H3,(H,16,18). The minimum absolute atomic E-state index is 0.0907. The molecule has 2 atom stereocenters. The number of rotatable bonds is 2. The number of fused-ring (bicyclic) bond motifs is 1. The van der Waals surface area contributed by atoms with Gasteiger partial charge < -0.3 is 9.40 Å². The van der Waals surface area contributed by atoms with Crippen molar-refractivity contribution >= 4 is 11.0 Å². The number of hydrogen-bond donors (Lipinski definition) is 3. The molecule has 5 heteroatoms. The van der Waals surface area contributed by atoms with Gasteiger partial charge >= 0.3 is 0 Å². The Morgan fingerprint density at radius 1 is 1.30 bits per heavy atom. The molecule has 102 valence electrons. The van der Waals surface area contributed by atoms with E-state index in [2.05, 4.69) is 33.0 Å². The molecule has 20 heavy (non-hydrogen) atoms. The highest BCUT2D eigenvalue weighted by Gasteiger charge is 2.33. The summed E-state index contributed by atoms with van der Waals surface area (Å²) in [6, 6.07) is 10.3. The van der Waals surface area contributed by atoms with Crippen LogP contribution in [0.4, 0.5) is 0 Å². The van der Waals surface area contributed by atoms with Gasteiger partial charge in [0.25, 0.3) is 0 Å². The van der Waals surface area contributed by atoms with E-state index in [0.717, 1.165) is 34.8 Å². The van der Waals surface area contributed by atoms with E-state index >= 15 is 0 Å². The van der Waals surface area contributed by atoms with Gasteiger partial charge in [-0.2, -0.15) is 0 Å². The first-order valence-corrected chi connectivity index (χ1v) is 6.79. The number of aryl methyl sites for hydroxylation is 1. The first-order valence-electron chi connectivity index (χ1n) is 6.79. The molecule has 0 aliphatic carbocycles. The predicted octanol–water partition coefficient (Wildman–Crippen LogP) is 2.40. The molecule has 1 fully saturated rings. The number of nitrogens with zero attached hydrogens (tertiary/aromatic N) is 1. The lowest BCUT2D eigenvalue weighted by molar-refractivity contribution is 0.430. The molecule has 1 aromatic carbocycles. The third kappa shape index (κ3) is 1.83. The smallest absolute Gasteiger partial charge is 0.134 e. The number of benzene rings is 1. The Kier molecular flexibility index (Phi) is 2.61. The average Bonchev–Trinajstić information content (AvgIpc) is 3.15. The molecule has 4 rings (SSSR count). The second kappa shape index (κ2) is 4.47. The summed E-state index contributed by atoms with van der Waals surface area (Å²) in [5, 5.41) is 1.13. The molecule has 5 nitrogen and oxygen atoms in total. The van der Waals surface area contributed by atoms with Crippen molar-refractivity contribution in [2.24, 2.45) is 0 Å². The molecule has 0 saturated carbocycles. The average molecular weight is 268 g/mol. The third-order valence-corrected chi connectivity index (χ3v) is 3.81. The Labute approximate surface area is 116 Å². The molecule has 2 unspecified atom stereocenters. The number of para-hydroxylation sites is 1. The van der Waals surface area contributed by atoms with Gasteiger partial charge in [-0.1, -0.05) is 18.2 Å². The van der Waals surface area contributed by atoms with Gasteiger partial charge in [0.1, 0.15) is 17.2 Å². The summed E-state index contributed by atoms with van der Waals surface area (Å²) in [7, 11) is 0. The van der Waals surface area contributed by atoms with Gasteiger partial charge in [-0.15, -0.1) is 0 Å². The summed E-state index contributed by atoms with van der Waals surface area (Å²) < 4.78 is 5.97. The SMILES string of the molecule is Cc1cnc(C2CNNC2c2cc3ccccc3o2)[nH]1. The van der Waals surface area contributed by atoms with Crippen molar-refractivity contribution in [3.8, 4) is 0 Å².